The molecular formula is C33H35N3O3. The van der Waals surface area contributed by atoms with Crippen molar-refractivity contribution in [1.82, 2.24) is 14.9 Å². The highest BCUT2D eigenvalue weighted by atomic mass is 16.3. The number of aromatic nitrogens is 2. The first-order chi connectivity index (χ1) is 18.9. The number of rotatable bonds is 6. The number of nitrogens with zero attached hydrogens (tertiary/aromatic N) is 2. The van der Waals surface area contributed by atoms with Gasteiger partial charge >= 0.3 is 0 Å². The third-order valence-electron chi connectivity index (χ3n) is 8.49. The minimum Gasteiger partial charge on any atom is -0.378 e. The van der Waals surface area contributed by atoms with E-state index in [0.29, 0.717) is 36.4 Å². The molecule has 2 aromatic carbocycles. The summed E-state index contributed by atoms with van der Waals surface area (Å²) >= 11 is 0. The second kappa shape index (κ2) is 10.1. The standard InChI is InChI=1S/C33H35N3O3/c1-21(2)23-10-6-13-26(19-23)33(15-16-33)32-34-28-14-7-17-36(20-27(28)30(38)35-32)31(39)29(37)25-12-5-11-24(18-25)22-8-3-4-9-22/h3-6,8,10-13,18-19,21,29,37H,7,9,14-17,20H2,1-2H3,(H,34,35,38)/t29-/m1/s1. The first kappa shape index (κ1) is 25.5. The Morgan fingerprint density at radius 3 is 2.64 bits per heavy atom. The van der Waals surface area contributed by atoms with Gasteiger partial charge in [-0.2, -0.15) is 0 Å². The molecule has 2 aliphatic carbocycles. The molecule has 0 spiro atoms. The van der Waals surface area contributed by atoms with E-state index in [1.54, 1.807) is 11.0 Å². The van der Waals surface area contributed by atoms with Gasteiger partial charge in [-0.1, -0.05) is 74.5 Å². The lowest BCUT2D eigenvalue weighted by Crippen LogP contribution is -2.36. The Balaban J connectivity index is 1.25. The Kier molecular flexibility index (Phi) is 6.59. The van der Waals surface area contributed by atoms with Gasteiger partial charge in [-0.25, -0.2) is 4.98 Å². The normalized spacial score (nSPS) is 18.5. The second-order valence-corrected chi connectivity index (χ2v) is 11.4. The maximum atomic E-state index is 13.4. The van der Waals surface area contributed by atoms with E-state index in [0.717, 1.165) is 41.9 Å². The summed E-state index contributed by atoms with van der Waals surface area (Å²) in [4.78, 5) is 36.5. The largest absolute Gasteiger partial charge is 0.378 e. The molecule has 0 radical (unpaired) electrons. The molecule has 1 amide bonds. The van der Waals surface area contributed by atoms with Gasteiger partial charge in [0.05, 0.1) is 23.2 Å². The van der Waals surface area contributed by atoms with Crippen LogP contribution in [0.5, 0.6) is 0 Å². The monoisotopic (exact) mass is 521 g/mol. The summed E-state index contributed by atoms with van der Waals surface area (Å²) < 4.78 is 0. The lowest BCUT2D eigenvalue weighted by Gasteiger charge is -2.24. The van der Waals surface area contributed by atoms with Crippen molar-refractivity contribution in [2.75, 3.05) is 6.54 Å². The van der Waals surface area contributed by atoms with Crippen molar-refractivity contribution in [3.63, 3.8) is 0 Å². The summed E-state index contributed by atoms with van der Waals surface area (Å²) in [5.74, 6) is 0.781. The van der Waals surface area contributed by atoms with Crippen LogP contribution in [0, 0.1) is 0 Å². The van der Waals surface area contributed by atoms with Crippen LogP contribution in [0.3, 0.4) is 0 Å². The van der Waals surface area contributed by atoms with Gasteiger partial charge in [-0.05, 0) is 71.9 Å². The van der Waals surface area contributed by atoms with Crippen LogP contribution < -0.4 is 5.56 Å². The molecule has 1 aliphatic heterocycles. The SMILES string of the molecule is CC(C)c1cccc(C2(c3nc4c(c(=O)[nH]3)CN(C(=O)[C@H](O)c3cccc(C5=CC=CC5)c3)CCC4)CC2)c1. The quantitative estimate of drug-likeness (QED) is 0.459. The topological polar surface area (TPSA) is 86.3 Å². The van der Waals surface area contributed by atoms with E-state index in [2.05, 4.69) is 55.2 Å². The lowest BCUT2D eigenvalue weighted by molar-refractivity contribution is -0.141. The summed E-state index contributed by atoms with van der Waals surface area (Å²) in [7, 11) is 0. The van der Waals surface area contributed by atoms with Gasteiger partial charge in [0.1, 0.15) is 5.82 Å². The summed E-state index contributed by atoms with van der Waals surface area (Å²) in [5, 5.41) is 11.0. The van der Waals surface area contributed by atoms with E-state index in [1.165, 1.54) is 11.1 Å². The van der Waals surface area contributed by atoms with E-state index in [1.807, 2.05) is 24.3 Å². The van der Waals surface area contributed by atoms with Crippen LogP contribution in [0.4, 0.5) is 0 Å². The van der Waals surface area contributed by atoms with Crippen molar-refractivity contribution < 1.29 is 9.90 Å². The summed E-state index contributed by atoms with van der Waals surface area (Å²) in [6, 6.07) is 16.2. The number of allylic oxidation sites excluding steroid dienone is 4. The van der Waals surface area contributed by atoms with Crippen LogP contribution >= 0.6 is 0 Å². The van der Waals surface area contributed by atoms with Crippen LogP contribution in [-0.2, 0) is 23.2 Å². The van der Waals surface area contributed by atoms with Crippen molar-refractivity contribution in [3.8, 4) is 0 Å². The zero-order valence-corrected chi connectivity index (χ0v) is 22.6. The third kappa shape index (κ3) is 4.78. The molecule has 2 heterocycles. The Morgan fingerprint density at radius 2 is 1.90 bits per heavy atom. The van der Waals surface area contributed by atoms with Gasteiger partial charge in [0, 0.05) is 6.54 Å². The van der Waals surface area contributed by atoms with E-state index in [9.17, 15) is 14.7 Å². The van der Waals surface area contributed by atoms with Gasteiger partial charge < -0.3 is 15.0 Å². The number of aliphatic hydroxyl groups is 1. The van der Waals surface area contributed by atoms with Gasteiger partial charge in [-0.3, -0.25) is 9.59 Å². The van der Waals surface area contributed by atoms with Gasteiger partial charge in [0.2, 0.25) is 0 Å². The van der Waals surface area contributed by atoms with Crippen LogP contribution in [0.1, 0.15) is 90.9 Å². The number of carbonyl (C=O) groups excluding carboxylic acids is 1. The molecule has 2 N–H and O–H groups in total. The number of nitrogens with one attached hydrogen (secondary N) is 1. The highest BCUT2D eigenvalue weighted by Gasteiger charge is 2.49. The maximum absolute atomic E-state index is 13.4. The Bertz CT molecular complexity index is 1540. The van der Waals surface area contributed by atoms with Gasteiger partial charge in [0.15, 0.2) is 6.10 Å². The van der Waals surface area contributed by atoms with E-state index < -0.39 is 6.10 Å². The zero-order valence-electron chi connectivity index (χ0n) is 22.6. The number of amides is 1. The zero-order chi connectivity index (χ0) is 27.1. The molecule has 1 fully saturated rings. The van der Waals surface area contributed by atoms with Crippen molar-refractivity contribution >= 4 is 11.5 Å². The lowest BCUT2D eigenvalue weighted by atomic mass is 9.90. The van der Waals surface area contributed by atoms with Crippen molar-refractivity contribution in [1.29, 1.82) is 0 Å². The number of hydrogen-bond donors (Lipinski definition) is 2. The molecule has 3 aliphatic rings. The smallest absolute Gasteiger partial charge is 0.256 e. The molecule has 3 aromatic rings. The summed E-state index contributed by atoms with van der Waals surface area (Å²) in [6.45, 7) is 4.99. The van der Waals surface area contributed by atoms with Crippen LogP contribution in [-0.4, -0.2) is 32.4 Å². The molecule has 39 heavy (non-hydrogen) atoms. The average molecular weight is 522 g/mol. The minimum atomic E-state index is -1.28. The molecular weight excluding hydrogens is 486 g/mol. The van der Waals surface area contributed by atoms with Gasteiger partial charge in [-0.15, -0.1) is 0 Å². The van der Waals surface area contributed by atoms with E-state index in [-0.39, 0.29) is 23.4 Å². The predicted octanol–water partition coefficient (Wildman–Crippen LogP) is 5.32. The molecule has 6 nitrogen and oxygen atoms in total. The summed E-state index contributed by atoms with van der Waals surface area (Å²) in [5.41, 5.74) is 6.10. The van der Waals surface area contributed by atoms with Crippen LogP contribution in [0.2, 0.25) is 0 Å². The van der Waals surface area contributed by atoms with Crippen molar-refractivity contribution in [2.45, 2.75) is 69.9 Å². The number of carbonyl (C=O) groups is 1. The number of aromatic amines is 1. The maximum Gasteiger partial charge on any atom is 0.256 e. The fourth-order valence-corrected chi connectivity index (χ4v) is 5.90. The first-order valence-corrected chi connectivity index (χ1v) is 14.0. The highest BCUT2D eigenvalue weighted by molar-refractivity contribution is 5.83. The van der Waals surface area contributed by atoms with Crippen LogP contribution in [0.15, 0.2) is 71.6 Å². The second-order valence-electron chi connectivity index (χ2n) is 11.4. The highest BCUT2D eigenvalue weighted by Crippen LogP contribution is 2.52. The number of aryl methyl sites for hydroxylation is 1. The number of benzene rings is 2. The Morgan fingerprint density at radius 1 is 1.10 bits per heavy atom. The molecule has 1 aromatic heterocycles. The molecule has 0 bridgehead atoms. The van der Waals surface area contributed by atoms with Crippen molar-refractivity contribution in [3.05, 3.63) is 116 Å². The predicted molar refractivity (Wildman–Crippen MR) is 152 cm³/mol. The van der Waals surface area contributed by atoms with E-state index in [4.69, 9.17) is 4.98 Å². The van der Waals surface area contributed by atoms with Crippen LogP contribution in [0.25, 0.3) is 5.57 Å². The fraction of sp³-hybridized carbons (Fsp3) is 0.364. The number of aliphatic hydroxyl groups excluding tert-OH is 1. The summed E-state index contributed by atoms with van der Waals surface area (Å²) in [6.07, 6.45) is 8.96. The van der Waals surface area contributed by atoms with Crippen molar-refractivity contribution in [2.24, 2.45) is 0 Å². The van der Waals surface area contributed by atoms with E-state index >= 15 is 0 Å². The molecule has 6 heteroatoms. The Labute approximate surface area is 229 Å². The van der Waals surface area contributed by atoms with Gasteiger partial charge in [0.25, 0.3) is 11.5 Å². The molecule has 200 valence electrons. The average Bonchev–Trinajstić information content (AvgIpc) is 3.64. The molecule has 0 unspecified atom stereocenters. The molecule has 0 saturated heterocycles. The number of fused-ring (bicyclic) bond motifs is 1. The Hall–Kier alpha value is -3.77. The fourth-order valence-electron chi connectivity index (χ4n) is 5.90. The molecule has 1 atom stereocenters. The number of hydrogen-bond acceptors (Lipinski definition) is 4. The number of H-pyrrole nitrogens is 1. The first-order valence-electron chi connectivity index (χ1n) is 14.0. The minimum absolute atomic E-state index is 0.151. The third-order valence-corrected chi connectivity index (χ3v) is 8.49. The molecule has 6 rings (SSSR count). The molecule has 1 saturated carbocycles.